The minimum Gasteiger partial charge on any atom is -0.377 e. The lowest BCUT2D eigenvalue weighted by atomic mass is 9.89. The predicted molar refractivity (Wildman–Crippen MR) is 133 cm³/mol. The van der Waals surface area contributed by atoms with Crippen LogP contribution in [-0.4, -0.2) is 30.6 Å². The minimum atomic E-state index is -0.404. The van der Waals surface area contributed by atoms with Gasteiger partial charge in [0, 0.05) is 59.9 Å². The summed E-state index contributed by atoms with van der Waals surface area (Å²) < 4.78 is 14.7. The fourth-order valence-corrected chi connectivity index (χ4v) is 3.85. The lowest BCUT2D eigenvalue weighted by Crippen LogP contribution is -2.15. The Morgan fingerprint density at radius 1 is 1.09 bits per heavy atom. The van der Waals surface area contributed by atoms with E-state index in [9.17, 15) is 4.39 Å². The maximum atomic E-state index is 14.7. The van der Waals surface area contributed by atoms with Gasteiger partial charge in [0.2, 0.25) is 0 Å². The Hall–Kier alpha value is -3.57. The van der Waals surface area contributed by atoms with E-state index in [1.165, 1.54) is 12.1 Å². The van der Waals surface area contributed by atoms with Gasteiger partial charge >= 0.3 is 0 Å². The quantitative estimate of drug-likeness (QED) is 0.462. The molecule has 4 nitrogen and oxygen atoms in total. The third kappa shape index (κ3) is 3.99. The highest BCUT2D eigenvalue weighted by Crippen LogP contribution is 2.36. The van der Waals surface area contributed by atoms with E-state index in [4.69, 9.17) is 11.6 Å². The molecule has 0 bridgehead atoms. The smallest absolute Gasteiger partial charge is 0.159 e. The van der Waals surface area contributed by atoms with E-state index in [1.807, 2.05) is 56.4 Å². The Bertz CT molecular complexity index is 1350. The van der Waals surface area contributed by atoms with Gasteiger partial charge in [-0.3, -0.25) is 4.98 Å². The molecule has 0 unspecified atom stereocenters. The van der Waals surface area contributed by atoms with E-state index in [-0.39, 0.29) is 0 Å². The second-order valence-electron chi connectivity index (χ2n) is 7.54. The number of aliphatic imine (C=N–C) groups is 2. The van der Waals surface area contributed by atoms with E-state index in [1.54, 1.807) is 24.5 Å². The standard InChI is InChI=1S/C26H22ClFN4/c1-5-11-30-26-16(2)20(14-24(31-26)21-13-17(27)6-8-23(21)28)18-7-9-25(32(3)4)22-15-29-12-10-19(18)22/h5-15H,2H2,1,3-4H3/b11-5-,30-26?. The Morgan fingerprint density at radius 2 is 1.91 bits per heavy atom. The molecule has 2 heterocycles. The van der Waals surface area contributed by atoms with Crippen molar-refractivity contribution in [2.45, 2.75) is 6.92 Å². The molecule has 0 fully saturated rings. The first kappa shape index (κ1) is 21.7. The molecule has 1 aromatic heterocycles. The molecule has 2 aromatic carbocycles. The number of dihydropyridines is 1. The van der Waals surface area contributed by atoms with E-state index < -0.39 is 5.82 Å². The highest BCUT2D eigenvalue weighted by Gasteiger charge is 2.23. The molecule has 0 radical (unpaired) electrons. The van der Waals surface area contributed by atoms with Gasteiger partial charge in [-0.1, -0.05) is 30.3 Å². The first-order valence-corrected chi connectivity index (χ1v) is 10.5. The Kier molecular flexibility index (Phi) is 6.01. The summed E-state index contributed by atoms with van der Waals surface area (Å²) in [4.78, 5) is 15.4. The Labute approximate surface area is 191 Å². The molecule has 0 saturated carbocycles. The number of hydrogen-bond acceptors (Lipinski definition) is 3. The second kappa shape index (κ2) is 8.89. The predicted octanol–water partition coefficient (Wildman–Crippen LogP) is 6.47. The first-order chi connectivity index (χ1) is 15.4. The third-order valence-corrected chi connectivity index (χ3v) is 5.45. The number of allylic oxidation sites excluding steroid dienone is 2. The molecule has 0 spiro atoms. The SMILES string of the molecule is C=C1C(c2ccc(N(C)C)c3cnccc23)=CC(c2cc(Cl)ccc2F)=NC1=N/C=C\C. The van der Waals surface area contributed by atoms with Crippen LogP contribution in [0.3, 0.4) is 0 Å². The molecule has 0 atom stereocenters. The van der Waals surface area contributed by atoms with E-state index >= 15 is 0 Å². The number of amidine groups is 1. The summed E-state index contributed by atoms with van der Waals surface area (Å²) in [7, 11) is 3.99. The number of anilines is 1. The van der Waals surface area contributed by atoms with Crippen molar-refractivity contribution in [2.24, 2.45) is 9.98 Å². The van der Waals surface area contributed by atoms with Gasteiger partial charge in [-0.2, -0.15) is 0 Å². The summed E-state index contributed by atoms with van der Waals surface area (Å²) >= 11 is 6.15. The van der Waals surface area contributed by atoms with Crippen molar-refractivity contribution in [1.29, 1.82) is 0 Å². The molecular formula is C26H22ClFN4. The zero-order chi connectivity index (χ0) is 22.8. The number of rotatable bonds is 4. The largest absolute Gasteiger partial charge is 0.377 e. The summed E-state index contributed by atoms with van der Waals surface area (Å²) in [5.41, 5.74) is 4.22. The number of nitrogens with zero attached hydrogens (tertiary/aromatic N) is 4. The number of aromatic nitrogens is 1. The summed E-state index contributed by atoms with van der Waals surface area (Å²) in [6, 6.07) is 10.5. The number of benzene rings is 2. The van der Waals surface area contributed by atoms with Gasteiger partial charge in [0.15, 0.2) is 5.84 Å². The van der Waals surface area contributed by atoms with Crippen molar-refractivity contribution in [3.8, 4) is 0 Å². The molecule has 0 saturated heterocycles. The lowest BCUT2D eigenvalue weighted by molar-refractivity contribution is 0.625. The molecule has 0 N–H and O–H groups in total. The maximum absolute atomic E-state index is 14.7. The van der Waals surface area contributed by atoms with Gasteiger partial charge in [0.1, 0.15) is 5.82 Å². The van der Waals surface area contributed by atoms with Gasteiger partial charge in [-0.25, -0.2) is 14.4 Å². The zero-order valence-electron chi connectivity index (χ0n) is 18.1. The van der Waals surface area contributed by atoms with Gasteiger partial charge < -0.3 is 4.90 Å². The zero-order valence-corrected chi connectivity index (χ0v) is 18.9. The molecular weight excluding hydrogens is 423 g/mol. The highest BCUT2D eigenvalue weighted by molar-refractivity contribution is 6.33. The first-order valence-electron chi connectivity index (χ1n) is 10.1. The van der Waals surface area contributed by atoms with Crippen molar-refractivity contribution < 1.29 is 4.39 Å². The van der Waals surface area contributed by atoms with Crippen molar-refractivity contribution in [3.05, 3.63) is 101 Å². The number of pyridine rings is 1. The average molecular weight is 445 g/mol. The van der Waals surface area contributed by atoms with Crippen molar-refractivity contribution >= 4 is 45.2 Å². The Morgan fingerprint density at radius 3 is 2.66 bits per heavy atom. The molecule has 3 aromatic rings. The number of halogens is 2. The van der Waals surface area contributed by atoms with Gasteiger partial charge in [-0.05, 0) is 59.9 Å². The fraction of sp³-hybridized carbons (Fsp3) is 0.115. The molecule has 1 aliphatic rings. The van der Waals surface area contributed by atoms with Crippen LogP contribution in [0, 0.1) is 5.82 Å². The fourth-order valence-electron chi connectivity index (χ4n) is 3.68. The van der Waals surface area contributed by atoms with Crippen LogP contribution in [0.15, 0.2) is 89.3 Å². The van der Waals surface area contributed by atoms with Crippen LogP contribution in [0.25, 0.3) is 16.3 Å². The highest BCUT2D eigenvalue weighted by atomic mass is 35.5. The lowest BCUT2D eigenvalue weighted by Gasteiger charge is -2.22. The topological polar surface area (TPSA) is 40.9 Å². The van der Waals surface area contributed by atoms with Gasteiger partial charge in [-0.15, -0.1) is 0 Å². The van der Waals surface area contributed by atoms with Gasteiger partial charge in [0.25, 0.3) is 0 Å². The van der Waals surface area contributed by atoms with Gasteiger partial charge in [0.05, 0.1) is 5.71 Å². The number of fused-ring (bicyclic) bond motifs is 1. The maximum Gasteiger partial charge on any atom is 0.159 e. The van der Waals surface area contributed by atoms with Crippen LogP contribution in [-0.2, 0) is 0 Å². The number of hydrogen-bond donors (Lipinski definition) is 0. The third-order valence-electron chi connectivity index (χ3n) is 5.22. The Balaban J connectivity index is 1.98. The summed E-state index contributed by atoms with van der Waals surface area (Å²) in [6.07, 6.45) is 8.91. The van der Waals surface area contributed by atoms with Crippen molar-refractivity contribution in [2.75, 3.05) is 19.0 Å². The summed E-state index contributed by atoms with van der Waals surface area (Å²) in [5, 5.41) is 2.45. The summed E-state index contributed by atoms with van der Waals surface area (Å²) in [5.74, 6) is 0.0209. The van der Waals surface area contributed by atoms with Crippen LogP contribution < -0.4 is 4.90 Å². The van der Waals surface area contributed by atoms with Crippen LogP contribution >= 0.6 is 11.6 Å². The van der Waals surface area contributed by atoms with Crippen molar-refractivity contribution in [3.63, 3.8) is 0 Å². The van der Waals surface area contributed by atoms with Crippen molar-refractivity contribution in [1.82, 2.24) is 4.98 Å². The molecule has 4 rings (SSSR count). The molecule has 0 aliphatic carbocycles. The molecule has 0 amide bonds. The van der Waals surface area contributed by atoms with E-state index in [0.29, 0.717) is 27.7 Å². The molecule has 32 heavy (non-hydrogen) atoms. The molecule has 160 valence electrons. The van der Waals surface area contributed by atoms with Crippen LogP contribution in [0.2, 0.25) is 5.02 Å². The summed E-state index contributed by atoms with van der Waals surface area (Å²) in [6.45, 7) is 6.12. The molecule has 6 heteroatoms. The van der Waals surface area contributed by atoms with E-state index in [2.05, 4.69) is 21.5 Å². The van der Waals surface area contributed by atoms with Crippen LogP contribution in [0.4, 0.5) is 10.1 Å². The minimum absolute atomic E-state index is 0.312. The van der Waals surface area contributed by atoms with Crippen LogP contribution in [0.1, 0.15) is 18.1 Å². The monoisotopic (exact) mass is 444 g/mol. The molecule has 1 aliphatic heterocycles. The van der Waals surface area contributed by atoms with E-state index in [0.717, 1.165) is 27.6 Å². The second-order valence-corrected chi connectivity index (χ2v) is 7.98. The average Bonchev–Trinajstić information content (AvgIpc) is 2.79. The van der Waals surface area contributed by atoms with Crippen LogP contribution in [0.5, 0.6) is 0 Å². The normalized spacial score (nSPS) is 15.4.